The van der Waals surface area contributed by atoms with Crippen molar-refractivity contribution in [3.05, 3.63) is 12.2 Å². The van der Waals surface area contributed by atoms with Crippen molar-refractivity contribution in [2.24, 2.45) is 0 Å². The predicted molar refractivity (Wildman–Crippen MR) is 62.8 cm³/mol. The molecule has 16 heavy (non-hydrogen) atoms. The van der Waals surface area contributed by atoms with Gasteiger partial charge in [0.1, 0.15) is 11.6 Å². The molecule has 0 saturated carbocycles. The average molecular weight is 224 g/mol. The zero-order valence-corrected chi connectivity index (χ0v) is 10.4. The van der Waals surface area contributed by atoms with Crippen LogP contribution in [0.5, 0.6) is 0 Å². The van der Waals surface area contributed by atoms with Crippen LogP contribution in [0.2, 0.25) is 0 Å². The SMILES string of the molecule is C/C=C/CN1C(=O)C(C)(C)NC(=O)C1CC. The molecule has 1 N–H and O–H groups in total. The van der Waals surface area contributed by atoms with Crippen LogP contribution in [0.25, 0.3) is 0 Å². The molecule has 1 heterocycles. The number of nitrogens with one attached hydrogen (secondary N) is 1. The molecule has 0 spiro atoms. The van der Waals surface area contributed by atoms with Gasteiger partial charge < -0.3 is 10.2 Å². The fourth-order valence-corrected chi connectivity index (χ4v) is 1.92. The number of carbonyl (C=O) groups is 2. The third-order valence-electron chi connectivity index (χ3n) is 2.83. The lowest BCUT2D eigenvalue weighted by Gasteiger charge is -2.42. The molecule has 4 nitrogen and oxygen atoms in total. The van der Waals surface area contributed by atoms with E-state index in [1.54, 1.807) is 18.7 Å². The Kier molecular flexibility index (Phi) is 3.73. The first kappa shape index (κ1) is 12.7. The normalized spacial score (nSPS) is 25.0. The summed E-state index contributed by atoms with van der Waals surface area (Å²) in [6.45, 7) is 7.80. The maximum atomic E-state index is 12.1. The summed E-state index contributed by atoms with van der Waals surface area (Å²) in [5, 5.41) is 2.76. The van der Waals surface area contributed by atoms with Gasteiger partial charge in [0.25, 0.3) is 0 Å². The molecular formula is C12H20N2O2. The van der Waals surface area contributed by atoms with E-state index < -0.39 is 5.54 Å². The van der Waals surface area contributed by atoms with Gasteiger partial charge in [0.15, 0.2) is 0 Å². The number of piperazine rings is 1. The number of carbonyl (C=O) groups excluding carboxylic acids is 2. The Morgan fingerprint density at radius 1 is 1.44 bits per heavy atom. The van der Waals surface area contributed by atoms with E-state index in [0.717, 1.165) is 0 Å². The van der Waals surface area contributed by atoms with E-state index >= 15 is 0 Å². The van der Waals surface area contributed by atoms with E-state index in [9.17, 15) is 9.59 Å². The summed E-state index contributed by atoms with van der Waals surface area (Å²) >= 11 is 0. The highest BCUT2D eigenvalue weighted by molar-refractivity contribution is 5.99. The van der Waals surface area contributed by atoms with Crippen LogP contribution in [-0.2, 0) is 9.59 Å². The molecule has 1 atom stereocenters. The van der Waals surface area contributed by atoms with Gasteiger partial charge in [0, 0.05) is 6.54 Å². The lowest BCUT2D eigenvalue weighted by atomic mass is 9.96. The minimum absolute atomic E-state index is 0.0166. The zero-order chi connectivity index (χ0) is 12.3. The Labute approximate surface area is 96.7 Å². The quantitative estimate of drug-likeness (QED) is 0.729. The van der Waals surface area contributed by atoms with E-state index in [2.05, 4.69) is 5.32 Å². The Morgan fingerprint density at radius 2 is 2.06 bits per heavy atom. The van der Waals surface area contributed by atoms with Crippen molar-refractivity contribution in [2.75, 3.05) is 6.54 Å². The van der Waals surface area contributed by atoms with E-state index in [4.69, 9.17) is 0 Å². The van der Waals surface area contributed by atoms with Crippen LogP contribution in [-0.4, -0.2) is 34.8 Å². The van der Waals surface area contributed by atoms with Gasteiger partial charge in [0.2, 0.25) is 11.8 Å². The summed E-state index contributed by atoms with van der Waals surface area (Å²) in [7, 11) is 0. The number of nitrogens with zero attached hydrogens (tertiary/aromatic N) is 1. The number of allylic oxidation sites excluding steroid dienone is 1. The fraction of sp³-hybridized carbons (Fsp3) is 0.667. The number of rotatable bonds is 3. The van der Waals surface area contributed by atoms with Crippen molar-refractivity contribution >= 4 is 11.8 Å². The van der Waals surface area contributed by atoms with Crippen LogP contribution >= 0.6 is 0 Å². The molecule has 1 rings (SSSR count). The second-order valence-electron chi connectivity index (χ2n) is 4.56. The molecule has 0 aromatic carbocycles. The van der Waals surface area contributed by atoms with E-state index in [0.29, 0.717) is 13.0 Å². The van der Waals surface area contributed by atoms with Gasteiger partial charge in [-0.3, -0.25) is 9.59 Å². The van der Waals surface area contributed by atoms with Gasteiger partial charge in [-0.1, -0.05) is 19.1 Å². The molecule has 0 radical (unpaired) electrons. The molecular weight excluding hydrogens is 204 g/mol. The molecule has 0 bridgehead atoms. The van der Waals surface area contributed by atoms with Crippen LogP contribution in [0.4, 0.5) is 0 Å². The molecule has 4 heteroatoms. The minimum Gasteiger partial charge on any atom is -0.340 e. The summed E-state index contributed by atoms with van der Waals surface area (Å²) in [4.78, 5) is 25.6. The first-order valence-electron chi connectivity index (χ1n) is 5.68. The van der Waals surface area contributed by atoms with Crippen LogP contribution in [0.1, 0.15) is 34.1 Å². The van der Waals surface area contributed by atoms with E-state index in [1.807, 2.05) is 26.0 Å². The highest BCUT2D eigenvalue weighted by atomic mass is 16.2. The Bertz CT molecular complexity index is 321. The summed E-state index contributed by atoms with van der Waals surface area (Å²) in [5.41, 5.74) is -0.787. The molecule has 1 fully saturated rings. The Hall–Kier alpha value is -1.32. The van der Waals surface area contributed by atoms with Crippen LogP contribution < -0.4 is 5.32 Å². The summed E-state index contributed by atoms with van der Waals surface area (Å²) in [5.74, 6) is -0.0753. The third-order valence-corrected chi connectivity index (χ3v) is 2.83. The lowest BCUT2D eigenvalue weighted by molar-refractivity contribution is -0.152. The van der Waals surface area contributed by atoms with Crippen molar-refractivity contribution < 1.29 is 9.59 Å². The van der Waals surface area contributed by atoms with E-state index in [1.165, 1.54) is 0 Å². The van der Waals surface area contributed by atoms with Gasteiger partial charge in [0.05, 0.1) is 0 Å². The second-order valence-corrected chi connectivity index (χ2v) is 4.56. The smallest absolute Gasteiger partial charge is 0.248 e. The average Bonchev–Trinajstić information content (AvgIpc) is 2.20. The van der Waals surface area contributed by atoms with Crippen molar-refractivity contribution in [3.8, 4) is 0 Å². The van der Waals surface area contributed by atoms with Crippen molar-refractivity contribution in [3.63, 3.8) is 0 Å². The standard InChI is InChI=1S/C12H20N2O2/c1-5-7-8-14-9(6-2)10(15)13-12(3,4)11(14)16/h5,7,9H,6,8H2,1-4H3,(H,13,15)/b7-5+. The lowest BCUT2D eigenvalue weighted by Crippen LogP contribution is -2.67. The third kappa shape index (κ3) is 2.26. The van der Waals surface area contributed by atoms with Crippen molar-refractivity contribution in [2.45, 2.75) is 45.7 Å². The first-order valence-corrected chi connectivity index (χ1v) is 5.68. The second kappa shape index (κ2) is 4.68. The topological polar surface area (TPSA) is 49.4 Å². The largest absolute Gasteiger partial charge is 0.340 e. The molecule has 0 aliphatic carbocycles. The Morgan fingerprint density at radius 3 is 2.56 bits per heavy atom. The highest BCUT2D eigenvalue weighted by Gasteiger charge is 2.43. The molecule has 1 unspecified atom stereocenters. The van der Waals surface area contributed by atoms with E-state index in [-0.39, 0.29) is 17.9 Å². The van der Waals surface area contributed by atoms with Crippen molar-refractivity contribution in [1.29, 1.82) is 0 Å². The molecule has 90 valence electrons. The molecule has 0 aromatic heterocycles. The highest BCUT2D eigenvalue weighted by Crippen LogP contribution is 2.19. The van der Waals surface area contributed by atoms with Crippen LogP contribution in [0.3, 0.4) is 0 Å². The molecule has 1 aliphatic heterocycles. The summed E-state index contributed by atoms with van der Waals surface area (Å²) < 4.78 is 0. The number of hydrogen-bond acceptors (Lipinski definition) is 2. The molecule has 1 aliphatic rings. The predicted octanol–water partition coefficient (Wildman–Crippen LogP) is 1.08. The maximum Gasteiger partial charge on any atom is 0.248 e. The van der Waals surface area contributed by atoms with Crippen LogP contribution in [0.15, 0.2) is 12.2 Å². The van der Waals surface area contributed by atoms with Crippen LogP contribution in [0, 0.1) is 0 Å². The summed E-state index contributed by atoms with van der Waals surface area (Å²) in [6, 6.07) is -0.336. The van der Waals surface area contributed by atoms with Gasteiger partial charge in [-0.15, -0.1) is 0 Å². The van der Waals surface area contributed by atoms with Gasteiger partial charge in [-0.05, 0) is 27.2 Å². The molecule has 1 saturated heterocycles. The number of amides is 2. The van der Waals surface area contributed by atoms with Gasteiger partial charge in [-0.25, -0.2) is 0 Å². The zero-order valence-electron chi connectivity index (χ0n) is 10.4. The maximum absolute atomic E-state index is 12.1. The molecule has 0 aromatic rings. The Balaban J connectivity index is 2.96. The minimum atomic E-state index is -0.787. The van der Waals surface area contributed by atoms with Crippen molar-refractivity contribution in [1.82, 2.24) is 10.2 Å². The van der Waals surface area contributed by atoms with Gasteiger partial charge >= 0.3 is 0 Å². The first-order chi connectivity index (χ1) is 7.44. The monoisotopic (exact) mass is 224 g/mol. The fourth-order valence-electron chi connectivity index (χ4n) is 1.92. The van der Waals surface area contributed by atoms with Gasteiger partial charge in [-0.2, -0.15) is 0 Å². The summed E-state index contributed by atoms with van der Waals surface area (Å²) in [6.07, 6.45) is 4.43. The number of hydrogen-bond donors (Lipinski definition) is 1. The molecule has 2 amide bonds.